The monoisotopic (exact) mass is 508 g/mol. The van der Waals surface area contributed by atoms with Crippen molar-refractivity contribution >= 4 is 39.4 Å². The first-order valence-electron chi connectivity index (χ1n) is 11.1. The number of hydroxylamine groups is 1. The molecule has 0 aliphatic carbocycles. The quantitative estimate of drug-likeness (QED) is 0.281. The number of carbonyl (C=O) groups excluding carboxylic acids is 1. The van der Waals surface area contributed by atoms with Gasteiger partial charge >= 0.3 is 0 Å². The first kappa shape index (κ1) is 23.8. The Labute approximate surface area is 210 Å². The summed E-state index contributed by atoms with van der Waals surface area (Å²) in [6.45, 7) is 2.45. The second-order valence-electron chi connectivity index (χ2n) is 8.14. The van der Waals surface area contributed by atoms with Crippen molar-refractivity contribution in [2.75, 3.05) is 43.7 Å². The van der Waals surface area contributed by atoms with Crippen LogP contribution in [0.15, 0.2) is 43.0 Å². The molecule has 1 amide bonds. The highest BCUT2D eigenvalue weighted by molar-refractivity contribution is 7.19. The number of rotatable bonds is 7. The number of pyridine rings is 1. The number of morpholine rings is 1. The number of fused-ring (bicyclic) bond motifs is 1. The molecule has 13 heteroatoms. The smallest absolute Gasteiger partial charge is 0.277 e. The average molecular weight is 509 g/mol. The minimum atomic E-state index is -0.657. The number of thiophene rings is 1. The van der Waals surface area contributed by atoms with E-state index in [4.69, 9.17) is 19.7 Å². The van der Waals surface area contributed by atoms with E-state index in [1.807, 2.05) is 36.3 Å². The van der Waals surface area contributed by atoms with Gasteiger partial charge in [-0.25, -0.2) is 30.4 Å². The molecular formula is C23H24N8O4S. The predicted molar refractivity (Wildman–Crippen MR) is 133 cm³/mol. The van der Waals surface area contributed by atoms with Gasteiger partial charge in [0.05, 0.1) is 48.8 Å². The lowest BCUT2D eigenvalue weighted by atomic mass is 10.1. The van der Waals surface area contributed by atoms with Crippen LogP contribution >= 0.6 is 11.3 Å². The van der Waals surface area contributed by atoms with Crippen molar-refractivity contribution in [2.24, 2.45) is 0 Å². The van der Waals surface area contributed by atoms with Crippen LogP contribution in [0.2, 0.25) is 0 Å². The van der Waals surface area contributed by atoms with Crippen LogP contribution in [-0.4, -0.2) is 69.9 Å². The number of anilines is 2. The minimum absolute atomic E-state index is 0.127. The standard InChI is InChI=1S/C23H24N8O4S/c1-30(22-25-9-15(10-26-22)21(32)29-33)12-16-7-17-19(36-16)11-27-23(28-17)31-5-6-35-18(13-31)14-3-4-20(34-2)24-8-14/h3-4,7-11,18,33H,5-6,12-13H2,1-2H3,(H,29,32). The van der Waals surface area contributed by atoms with E-state index in [2.05, 4.69) is 24.8 Å². The van der Waals surface area contributed by atoms with Gasteiger partial charge in [-0.3, -0.25) is 10.0 Å². The lowest BCUT2D eigenvalue weighted by Gasteiger charge is -2.33. The summed E-state index contributed by atoms with van der Waals surface area (Å²) in [4.78, 5) is 38.6. The fraction of sp³-hybridized carbons (Fsp3) is 0.304. The number of hydrogen-bond donors (Lipinski definition) is 2. The molecule has 0 saturated carbocycles. The molecule has 2 N–H and O–H groups in total. The molecule has 0 aromatic carbocycles. The summed E-state index contributed by atoms with van der Waals surface area (Å²) in [6, 6.07) is 5.83. The Morgan fingerprint density at radius 1 is 1.25 bits per heavy atom. The van der Waals surface area contributed by atoms with E-state index in [-0.39, 0.29) is 11.7 Å². The highest BCUT2D eigenvalue weighted by Crippen LogP contribution is 2.29. The Balaban J connectivity index is 1.28. The van der Waals surface area contributed by atoms with Crippen molar-refractivity contribution in [3.63, 3.8) is 0 Å². The van der Waals surface area contributed by atoms with Crippen molar-refractivity contribution in [1.82, 2.24) is 30.4 Å². The van der Waals surface area contributed by atoms with E-state index < -0.39 is 5.91 Å². The highest BCUT2D eigenvalue weighted by Gasteiger charge is 2.24. The van der Waals surface area contributed by atoms with Crippen molar-refractivity contribution < 1.29 is 19.5 Å². The summed E-state index contributed by atoms with van der Waals surface area (Å²) in [5, 5.41) is 8.73. The Bertz CT molecular complexity index is 1350. The number of nitrogens with zero attached hydrogens (tertiary/aromatic N) is 7. The Kier molecular flexibility index (Phi) is 6.84. The van der Waals surface area contributed by atoms with Crippen LogP contribution in [-0.2, 0) is 11.3 Å². The third kappa shape index (κ3) is 5.03. The maximum atomic E-state index is 11.5. The zero-order chi connectivity index (χ0) is 25.1. The molecule has 4 aromatic heterocycles. The lowest BCUT2D eigenvalue weighted by Crippen LogP contribution is -2.39. The van der Waals surface area contributed by atoms with Crippen LogP contribution in [0.25, 0.3) is 10.2 Å². The van der Waals surface area contributed by atoms with Gasteiger partial charge in [-0.1, -0.05) is 0 Å². The van der Waals surface area contributed by atoms with E-state index in [1.54, 1.807) is 30.1 Å². The van der Waals surface area contributed by atoms with E-state index in [0.717, 1.165) is 20.7 Å². The van der Waals surface area contributed by atoms with Crippen LogP contribution in [0.3, 0.4) is 0 Å². The van der Waals surface area contributed by atoms with Crippen molar-refractivity contribution in [3.8, 4) is 5.88 Å². The number of hydrogen-bond acceptors (Lipinski definition) is 12. The van der Waals surface area contributed by atoms with Crippen LogP contribution in [0.5, 0.6) is 5.88 Å². The largest absolute Gasteiger partial charge is 0.481 e. The van der Waals surface area contributed by atoms with E-state index >= 15 is 0 Å². The Morgan fingerprint density at radius 3 is 2.81 bits per heavy atom. The molecule has 186 valence electrons. The molecule has 1 aliphatic rings. The summed E-state index contributed by atoms with van der Waals surface area (Å²) in [5.74, 6) is 1.03. The van der Waals surface area contributed by atoms with Gasteiger partial charge in [-0.15, -0.1) is 11.3 Å². The topological polar surface area (TPSA) is 139 Å². The van der Waals surface area contributed by atoms with E-state index in [1.165, 1.54) is 12.4 Å². The van der Waals surface area contributed by atoms with Crippen LogP contribution in [0.4, 0.5) is 11.9 Å². The van der Waals surface area contributed by atoms with Gasteiger partial charge < -0.3 is 19.3 Å². The number of nitrogens with one attached hydrogen (secondary N) is 1. The normalized spacial score (nSPS) is 15.6. The number of carbonyl (C=O) groups is 1. The molecule has 1 saturated heterocycles. The fourth-order valence-corrected chi connectivity index (χ4v) is 4.88. The summed E-state index contributed by atoms with van der Waals surface area (Å²) in [6.07, 6.45) is 6.23. The van der Waals surface area contributed by atoms with Crippen LogP contribution < -0.4 is 20.0 Å². The molecule has 1 fully saturated rings. The molecule has 4 aromatic rings. The lowest BCUT2D eigenvalue weighted by molar-refractivity contribution is 0.0390. The molecule has 1 atom stereocenters. The molecular weight excluding hydrogens is 484 g/mol. The van der Waals surface area contributed by atoms with Gasteiger partial charge in [0.25, 0.3) is 5.91 Å². The molecule has 0 bridgehead atoms. The third-order valence-electron chi connectivity index (χ3n) is 5.73. The van der Waals surface area contributed by atoms with Crippen LogP contribution in [0, 0.1) is 0 Å². The molecule has 1 aliphatic heterocycles. The number of methoxy groups -OCH3 is 1. The number of ether oxygens (including phenoxy) is 2. The molecule has 36 heavy (non-hydrogen) atoms. The van der Waals surface area contributed by atoms with Crippen molar-refractivity contribution in [1.29, 1.82) is 0 Å². The van der Waals surface area contributed by atoms with Gasteiger partial charge in [-0.2, -0.15) is 0 Å². The summed E-state index contributed by atoms with van der Waals surface area (Å²) in [7, 11) is 3.46. The highest BCUT2D eigenvalue weighted by atomic mass is 32.1. The summed E-state index contributed by atoms with van der Waals surface area (Å²) < 4.78 is 12.1. The predicted octanol–water partition coefficient (Wildman–Crippen LogP) is 2.22. The van der Waals surface area contributed by atoms with Crippen molar-refractivity contribution in [2.45, 2.75) is 12.6 Å². The Morgan fingerprint density at radius 2 is 2.08 bits per heavy atom. The SMILES string of the molecule is COc1ccc(C2CN(c3ncc4sc(CN(C)c5ncc(C(=O)NO)cn5)cc4n3)CCO2)cn1. The second kappa shape index (κ2) is 10.4. The fourth-order valence-electron chi connectivity index (χ4n) is 3.85. The number of amides is 1. The zero-order valence-corrected chi connectivity index (χ0v) is 20.5. The maximum Gasteiger partial charge on any atom is 0.277 e. The van der Waals surface area contributed by atoms with E-state index in [0.29, 0.717) is 44.0 Å². The minimum Gasteiger partial charge on any atom is -0.481 e. The first-order valence-corrected chi connectivity index (χ1v) is 11.9. The van der Waals surface area contributed by atoms with Gasteiger partial charge in [0, 0.05) is 48.7 Å². The van der Waals surface area contributed by atoms with Gasteiger partial charge in [0.2, 0.25) is 17.8 Å². The summed E-state index contributed by atoms with van der Waals surface area (Å²) in [5.41, 5.74) is 3.59. The second-order valence-corrected chi connectivity index (χ2v) is 9.31. The van der Waals surface area contributed by atoms with Gasteiger partial charge in [0.1, 0.15) is 6.10 Å². The summed E-state index contributed by atoms with van der Waals surface area (Å²) >= 11 is 1.61. The molecule has 0 spiro atoms. The van der Waals surface area contributed by atoms with Gasteiger partial charge in [0.15, 0.2) is 0 Å². The average Bonchev–Trinajstić information content (AvgIpc) is 3.34. The molecule has 1 unspecified atom stereocenters. The third-order valence-corrected chi connectivity index (χ3v) is 6.78. The first-order chi connectivity index (χ1) is 17.5. The van der Waals surface area contributed by atoms with E-state index in [9.17, 15) is 4.79 Å². The van der Waals surface area contributed by atoms with Crippen LogP contribution in [0.1, 0.15) is 26.9 Å². The maximum absolute atomic E-state index is 11.5. The zero-order valence-electron chi connectivity index (χ0n) is 19.7. The number of aromatic nitrogens is 5. The molecule has 12 nitrogen and oxygen atoms in total. The van der Waals surface area contributed by atoms with Crippen molar-refractivity contribution in [3.05, 3.63) is 59.0 Å². The molecule has 5 heterocycles. The van der Waals surface area contributed by atoms with Gasteiger partial charge in [-0.05, 0) is 12.1 Å². The molecule has 0 radical (unpaired) electrons. The Hall–Kier alpha value is -3.94. The molecule has 5 rings (SSSR count).